The molecule has 18 heavy (non-hydrogen) atoms. The van der Waals surface area contributed by atoms with E-state index in [1.54, 1.807) is 25.1 Å². The maximum Gasteiger partial charge on any atom is 0.258 e. The lowest BCUT2D eigenvalue weighted by Gasteiger charge is -2.04. The van der Waals surface area contributed by atoms with Crippen LogP contribution in [-0.4, -0.2) is 11.1 Å². The highest BCUT2D eigenvalue weighted by Crippen LogP contribution is 2.20. The van der Waals surface area contributed by atoms with Gasteiger partial charge in [-0.2, -0.15) is 0 Å². The molecule has 0 atom stereocenters. The van der Waals surface area contributed by atoms with Gasteiger partial charge < -0.3 is 16.0 Å². The summed E-state index contributed by atoms with van der Waals surface area (Å²) >= 11 is 0. The average molecular weight is 246 g/mol. The Labute approximate surface area is 104 Å². The number of nitrogens with one attached hydrogen (secondary N) is 1. The van der Waals surface area contributed by atoms with Gasteiger partial charge in [0.1, 0.15) is 0 Å². The molecule has 94 valence electrons. The summed E-state index contributed by atoms with van der Waals surface area (Å²) in [7, 11) is 0. The summed E-state index contributed by atoms with van der Waals surface area (Å²) in [5.74, 6) is -0.00764. The minimum absolute atomic E-state index is 0.332. The van der Waals surface area contributed by atoms with Crippen LogP contribution in [0.2, 0.25) is 0 Å². The number of hydrogen-bond acceptors (Lipinski definition) is 5. The second kappa shape index (κ2) is 4.40. The van der Waals surface area contributed by atoms with Gasteiger partial charge in [0.05, 0.1) is 5.69 Å². The zero-order valence-electron chi connectivity index (χ0n) is 10.2. The van der Waals surface area contributed by atoms with E-state index in [1.165, 1.54) is 0 Å². The predicted octanol–water partition coefficient (Wildman–Crippen LogP) is 1.71. The van der Waals surface area contributed by atoms with E-state index in [1.807, 2.05) is 6.92 Å². The molecule has 1 amide bonds. The van der Waals surface area contributed by atoms with Crippen molar-refractivity contribution in [2.75, 3.05) is 16.8 Å². The van der Waals surface area contributed by atoms with Crippen molar-refractivity contribution in [3.63, 3.8) is 0 Å². The lowest BCUT2D eigenvalue weighted by Crippen LogP contribution is -2.13. The Bertz CT molecular complexity index is 584. The van der Waals surface area contributed by atoms with Crippen LogP contribution in [0.25, 0.3) is 0 Å². The molecule has 1 aromatic carbocycles. The van der Waals surface area contributed by atoms with Crippen molar-refractivity contribution >= 4 is 23.2 Å². The van der Waals surface area contributed by atoms with Gasteiger partial charge in [-0.3, -0.25) is 10.1 Å². The van der Waals surface area contributed by atoms with E-state index < -0.39 is 0 Å². The molecule has 2 aromatic rings. The molecule has 0 aliphatic rings. The van der Waals surface area contributed by atoms with E-state index in [0.29, 0.717) is 22.8 Å². The summed E-state index contributed by atoms with van der Waals surface area (Å²) in [5, 5.41) is 6.38. The quantitative estimate of drug-likeness (QED) is 0.699. The summed E-state index contributed by atoms with van der Waals surface area (Å²) < 4.78 is 5.00. The summed E-state index contributed by atoms with van der Waals surface area (Å²) in [5.41, 5.74) is 14.0. The molecule has 1 aromatic heterocycles. The van der Waals surface area contributed by atoms with E-state index in [4.69, 9.17) is 16.0 Å². The van der Waals surface area contributed by atoms with Gasteiger partial charge in [-0.1, -0.05) is 5.16 Å². The number of amides is 1. The number of aryl methyl sites for hydroxylation is 1. The van der Waals surface area contributed by atoms with Gasteiger partial charge in [0.2, 0.25) is 5.88 Å². The Morgan fingerprint density at radius 3 is 2.33 bits per heavy atom. The zero-order valence-corrected chi connectivity index (χ0v) is 10.2. The number of benzene rings is 1. The Hall–Kier alpha value is -2.50. The summed E-state index contributed by atoms with van der Waals surface area (Å²) in [6, 6.07) is 4.68. The average Bonchev–Trinajstić information content (AvgIpc) is 2.59. The fraction of sp³-hybridized carbons (Fsp3) is 0.167. The summed E-state index contributed by atoms with van der Waals surface area (Å²) in [6.07, 6.45) is 0. The predicted molar refractivity (Wildman–Crippen MR) is 69.2 cm³/mol. The van der Waals surface area contributed by atoms with Gasteiger partial charge in [-0.15, -0.1) is 0 Å². The molecule has 1 heterocycles. The van der Waals surface area contributed by atoms with Crippen LogP contribution in [0.4, 0.5) is 17.3 Å². The minimum atomic E-state index is -0.340. The number of hydrogen-bond donors (Lipinski definition) is 3. The van der Waals surface area contributed by atoms with Crippen molar-refractivity contribution in [3.8, 4) is 0 Å². The number of aromatic nitrogens is 1. The van der Waals surface area contributed by atoms with Gasteiger partial charge in [-0.05, 0) is 32.0 Å². The number of anilines is 3. The summed E-state index contributed by atoms with van der Waals surface area (Å²) in [4.78, 5) is 12.0. The highest BCUT2D eigenvalue weighted by atomic mass is 16.5. The molecule has 0 saturated carbocycles. The van der Waals surface area contributed by atoms with E-state index in [0.717, 1.165) is 11.3 Å². The van der Waals surface area contributed by atoms with Gasteiger partial charge in [0.15, 0.2) is 0 Å². The first-order valence-electron chi connectivity index (χ1n) is 5.37. The second-order valence-electron chi connectivity index (χ2n) is 4.06. The van der Waals surface area contributed by atoms with Crippen LogP contribution in [0, 0.1) is 13.8 Å². The van der Waals surface area contributed by atoms with Crippen molar-refractivity contribution in [2.24, 2.45) is 0 Å². The monoisotopic (exact) mass is 246 g/mol. The third kappa shape index (κ3) is 2.27. The fourth-order valence-corrected chi connectivity index (χ4v) is 1.51. The standard InChI is InChI=1S/C12H14N4O2/c1-6-7(2)16-18-12(6)15-11(17)8-3-9(13)5-10(14)4-8/h3-5H,13-14H2,1-2H3,(H,15,17). The molecule has 6 nitrogen and oxygen atoms in total. The van der Waals surface area contributed by atoms with Gasteiger partial charge >= 0.3 is 0 Å². The van der Waals surface area contributed by atoms with Crippen LogP contribution in [0.5, 0.6) is 0 Å². The Balaban J connectivity index is 2.24. The Kier molecular flexibility index (Phi) is 2.93. The topological polar surface area (TPSA) is 107 Å². The number of nitrogens with two attached hydrogens (primary N) is 2. The highest BCUT2D eigenvalue weighted by molar-refractivity contribution is 6.05. The minimum Gasteiger partial charge on any atom is -0.399 e. The normalized spacial score (nSPS) is 10.3. The molecule has 0 unspecified atom stereocenters. The summed E-state index contributed by atoms with van der Waals surface area (Å²) in [6.45, 7) is 3.61. The molecular weight excluding hydrogens is 232 g/mol. The highest BCUT2D eigenvalue weighted by Gasteiger charge is 2.13. The van der Waals surface area contributed by atoms with Crippen LogP contribution in [0.1, 0.15) is 21.6 Å². The molecule has 0 radical (unpaired) electrons. The van der Waals surface area contributed by atoms with Crippen molar-refractivity contribution in [3.05, 3.63) is 35.0 Å². The first kappa shape index (κ1) is 12.0. The maximum absolute atomic E-state index is 12.0. The number of nitrogen functional groups attached to an aromatic ring is 2. The van der Waals surface area contributed by atoms with Gasteiger partial charge in [0.25, 0.3) is 5.91 Å². The van der Waals surface area contributed by atoms with E-state index >= 15 is 0 Å². The molecule has 0 fully saturated rings. The van der Waals surface area contributed by atoms with Crippen LogP contribution in [0.15, 0.2) is 22.7 Å². The van der Waals surface area contributed by atoms with E-state index in [-0.39, 0.29) is 5.91 Å². The first-order chi connectivity index (χ1) is 8.47. The van der Waals surface area contributed by atoms with Crippen LogP contribution in [-0.2, 0) is 0 Å². The Morgan fingerprint density at radius 1 is 1.22 bits per heavy atom. The van der Waals surface area contributed by atoms with Crippen molar-refractivity contribution < 1.29 is 9.32 Å². The molecule has 0 aliphatic heterocycles. The number of nitrogens with zero attached hydrogens (tertiary/aromatic N) is 1. The maximum atomic E-state index is 12.0. The SMILES string of the molecule is Cc1noc(NC(=O)c2cc(N)cc(N)c2)c1C. The zero-order chi connectivity index (χ0) is 13.3. The van der Waals surface area contributed by atoms with E-state index in [2.05, 4.69) is 10.5 Å². The largest absolute Gasteiger partial charge is 0.399 e. The molecule has 6 heteroatoms. The second-order valence-corrected chi connectivity index (χ2v) is 4.06. The van der Waals surface area contributed by atoms with Crippen LogP contribution >= 0.6 is 0 Å². The van der Waals surface area contributed by atoms with Gasteiger partial charge in [0, 0.05) is 22.5 Å². The molecule has 5 N–H and O–H groups in total. The lowest BCUT2D eigenvalue weighted by atomic mass is 10.1. The van der Waals surface area contributed by atoms with Crippen molar-refractivity contribution in [1.82, 2.24) is 5.16 Å². The first-order valence-corrected chi connectivity index (χ1v) is 5.37. The fourth-order valence-electron chi connectivity index (χ4n) is 1.51. The van der Waals surface area contributed by atoms with Crippen molar-refractivity contribution in [1.29, 1.82) is 0 Å². The number of carbonyl (C=O) groups excluding carboxylic acids is 1. The lowest BCUT2D eigenvalue weighted by molar-refractivity contribution is 0.102. The molecule has 2 rings (SSSR count). The smallest absolute Gasteiger partial charge is 0.258 e. The molecule has 0 spiro atoms. The van der Waals surface area contributed by atoms with Crippen LogP contribution < -0.4 is 16.8 Å². The Morgan fingerprint density at radius 2 is 1.83 bits per heavy atom. The third-order valence-electron chi connectivity index (χ3n) is 2.62. The van der Waals surface area contributed by atoms with Gasteiger partial charge in [-0.25, -0.2) is 0 Å². The van der Waals surface area contributed by atoms with Crippen molar-refractivity contribution in [2.45, 2.75) is 13.8 Å². The molecular formula is C12H14N4O2. The molecule has 0 bridgehead atoms. The molecule has 0 aliphatic carbocycles. The number of rotatable bonds is 2. The van der Waals surface area contributed by atoms with Crippen LogP contribution in [0.3, 0.4) is 0 Å². The number of carbonyl (C=O) groups is 1. The van der Waals surface area contributed by atoms with E-state index in [9.17, 15) is 4.79 Å². The third-order valence-corrected chi connectivity index (χ3v) is 2.62. The molecule has 0 saturated heterocycles.